The molecule has 39 heavy (non-hydrogen) atoms. The van der Waals surface area contributed by atoms with Crippen molar-refractivity contribution in [2.24, 2.45) is 0 Å². The second-order valence-electron chi connectivity index (χ2n) is 10.5. The van der Waals surface area contributed by atoms with Crippen molar-refractivity contribution in [3.05, 3.63) is 44.8 Å². The molecule has 5 rings (SSSR count). The van der Waals surface area contributed by atoms with E-state index in [9.17, 15) is 24.3 Å². The van der Waals surface area contributed by atoms with Crippen molar-refractivity contribution in [1.29, 1.82) is 0 Å². The Morgan fingerprint density at radius 1 is 0.923 bits per heavy atom. The molecule has 3 saturated heterocycles. The second-order valence-corrected chi connectivity index (χ2v) is 12.4. The number of nitrogens with zero attached hydrogens (tertiary/aromatic N) is 1. The summed E-state index contributed by atoms with van der Waals surface area (Å²) < 4.78 is 12.6. The van der Waals surface area contributed by atoms with Crippen LogP contribution in [0.3, 0.4) is 0 Å². The fourth-order valence-corrected chi connectivity index (χ4v) is 7.26. The van der Waals surface area contributed by atoms with Gasteiger partial charge in [0.2, 0.25) is 5.60 Å². The van der Waals surface area contributed by atoms with Crippen molar-refractivity contribution >= 4 is 46.6 Å². The predicted molar refractivity (Wildman–Crippen MR) is 136 cm³/mol. The summed E-state index contributed by atoms with van der Waals surface area (Å²) >= 11 is 2.74. The average molecular weight is 585 g/mol. The van der Waals surface area contributed by atoms with Gasteiger partial charge in [-0.25, -0.2) is 9.59 Å². The number of rotatable bonds is 9. The van der Waals surface area contributed by atoms with Crippen molar-refractivity contribution in [3.63, 3.8) is 0 Å². The number of esters is 1. The second kappa shape index (κ2) is 10.6. The summed E-state index contributed by atoms with van der Waals surface area (Å²) in [5, 5.41) is 48.9. The van der Waals surface area contributed by atoms with E-state index in [1.807, 2.05) is 22.9 Å². The molecule has 4 unspecified atom stereocenters. The molecule has 2 aromatic heterocycles. The van der Waals surface area contributed by atoms with Crippen LogP contribution in [0.15, 0.2) is 35.0 Å². The fraction of sp³-hybridized carbons (Fsp3) is 0.520. The Hall–Kier alpha value is -2.88. The third-order valence-corrected chi connectivity index (χ3v) is 9.61. The number of carbonyl (C=O) groups excluding carboxylic acids is 1. The number of hydrogen-bond donors (Lipinski definition) is 5. The first kappa shape index (κ1) is 29.1. The largest absolute Gasteiger partial charge is 0.481 e. The summed E-state index contributed by atoms with van der Waals surface area (Å²) in [6.07, 6.45) is -0.239. The molecule has 14 heteroatoms. The monoisotopic (exact) mass is 584 g/mol. The molecule has 5 heterocycles. The average Bonchev–Trinajstić information content (AvgIpc) is 3.15. The van der Waals surface area contributed by atoms with E-state index in [1.54, 1.807) is 12.1 Å². The van der Waals surface area contributed by atoms with E-state index in [1.165, 1.54) is 22.7 Å². The van der Waals surface area contributed by atoms with Crippen LogP contribution in [0, 0.1) is 0 Å². The maximum atomic E-state index is 13.1. The number of aliphatic carboxylic acids is 3. The minimum Gasteiger partial charge on any atom is -0.481 e. The van der Waals surface area contributed by atoms with Gasteiger partial charge in [-0.1, -0.05) is 12.1 Å². The number of likely N-dealkylation sites (N-methyl/N-ethyl adjacent to an activating group) is 1. The van der Waals surface area contributed by atoms with E-state index in [-0.39, 0.29) is 6.10 Å². The highest BCUT2D eigenvalue weighted by Crippen LogP contribution is 2.52. The first-order chi connectivity index (χ1) is 18.2. The van der Waals surface area contributed by atoms with Crippen LogP contribution in [0.5, 0.6) is 0 Å². The number of thiophene rings is 2. The van der Waals surface area contributed by atoms with Crippen molar-refractivity contribution in [1.82, 2.24) is 0 Å². The summed E-state index contributed by atoms with van der Waals surface area (Å²) in [6.45, 7) is 0. The SMILES string of the molecule is C[N+]1(C)C2CC(OC(=O)C(O)(c3cccs3)c3cccs3)CC1C1OC12.O=C(O)CC(O)(CC(=O)O)C(=O)O. The number of piperidine rings is 1. The Bertz CT molecular complexity index is 1160. The van der Waals surface area contributed by atoms with E-state index in [4.69, 9.17) is 29.9 Å². The molecule has 0 aliphatic carbocycles. The number of epoxide rings is 1. The summed E-state index contributed by atoms with van der Waals surface area (Å²) in [4.78, 5) is 44.8. The Labute approximate surface area is 231 Å². The standard InChI is InChI=1S/C19H22NO4S2.C6H8O7/c1-20(2)12-9-11(10-13(20)17-16(12)24-17)23-18(21)19(22,14-5-3-7-25-14)15-6-4-8-26-15;7-3(8)1-6(13,5(11)12)2-4(9)10/h3-8,11-13,16-17,22H,9-10H2,1-2H3;13H,1-2H2,(H,7,8)(H,9,10)(H,11,12)/q+1;. The zero-order valence-corrected chi connectivity index (χ0v) is 22.8. The van der Waals surface area contributed by atoms with Crippen LogP contribution in [0.1, 0.15) is 35.4 Å². The van der Waals surface area contributed by atoms with Crippen molar-refractivity contribution in [2.45, 2.75) is 67.3 Å². The first-order valence-electron chi connectivity index (χ1n) is 12.1. The number of quaternary nitrogens is 1. The topological polar surface area (TPSA) is 191 Å². The smallest absolute Gasteiger partial charge is 0.349 e. The molecule has 3 aliphatic heterocycles. The van der Waals surface area contributed by atoms with Gasteiger partial charge in [-0.2, -0.15) is 0 Å². The van der Waals surface area contributed by atoms with Gasteiger partial charge in [0.15, 0.2) is 5.60 Å². The molecule has 212 valence electrons. The molecule has 12 nitrogen and oxygen atoms in total. The van der Waals surface area contributed by atoms with Gasteiger partial charge in [-0.15, -0.1) is 22.7 Å². The Morgan fingerprint density at radius 2 is 1.38 bits per heavy atom. The summed E-state index contributed by atoms with van der Waals surface area (Å²) in [5.74, 6) is -5.58. The van der Waals surface area contributed by atoms with Crippen LogP contribution in [-0.4, -0.2) is 104 Å². The van der Waals surface area contributed by atoms with Crippen molar-refractivity contribution < 1.29 is 58.7 Å². The molecule has 2 aromatic rings. The van der Waals surface area contributed by atoms with Gasteiger partial charge < -0.3 is 39.5 Å². The number of hydrogen-bond acceptors (Lipinski definition) is 10. The lowest BCUT2D eigenvalue weighted by Crippen LogP contribution is -2.60. The molecule has 4 atom stereocenters. The quantitative estimate of drug-likeness (QED) is 0.161. The molecule has 0 spiro atoms. The first-order valence-corrected chi connectivity index (χ1v) is 13.9. The summed E-state index contributed by atoms with van der Waals surface area (Å²) in [5.41, 5.74) is -4.46. The molecular weight excluding hydrogens is 554 g/mol. The van der Waals surface area contributed by atoms with Crippen LogP contribution < -0.4 is 0 Å². The fourth-order valence-electron chi connectivity index (χ4n) is 5.54. The predicted octanol–water partition coefficient (Wildman–Crippen LogP) is 1.10. The lowest BCUT2D eigenvalue weighted by atomic mass is 9.95. The van der Waals surface area contributed by atoms with Gasteiger partial charge in [-0.05, 0) is 22.9 Å². The van der Waals surface area contributed by atoms with E-state index >= 15 is 0 Å². The van der Waals surface area contributed by atoms with Gasteiger partial charge in [-0.3, -0.25) is 9.59 Å². The van der Waals surface area contributed by atoms with Crippen molar-refractivity contribution in [2.75, 3.05) is 14.1 Å². The van der Waals surface area contributed by atoms with Gasteiger partial charge in [0, 0.05) is 12.8 Å². The van der Waals surface area contributed by atoms with Crippen LogP contribution in [0.4, 0.5) is 0 Å². The lowest BCUT2D eigenvalue weighted by molar-refractivity contribution is -0.938. The van der Waals surface area contributed by atoms with E-state index < -0.39 is 47.9 Å². The number of fused-ring (bicyclic) bond motifs is 5. The molecular formula is C25H30NO11S2+. The highest BCUT2D eigenvalue weighted by Gasteiger charge is 2.71. The molecule has 0 amide bonds. The molecule has 0 saturated carbocycles. The van der Waals surface area contributed by atoms with E-state index in [0.717, 1.165) is 17.3 Å². The summed E-state index contributed by atoms with van der Waals surface area (Å²) in [7, 11) is 4.49. The zero-order valence-electron chi connectivity index (χ0n) is 21.1. The normalized spacial score (nSPS) is 26.5. The molecule has 5 N–H and O–H groups in total. The Morgan fingerprint density at radius 3 is 1.74 bits per heavy atom. The van der Waals surface area contributed by atoms with Crippen LogP contribution in [0.2, 0.25) is 0 Å². The Kier molecular flexibility index (Phi) is 7.91. The third-order valence-electron chi connectivity index (χ3n) is 7.65. The number of morpholine rings is 1. The van der Waals surface area contributed by atoms with Crippen LogP contribution in [0.25, 0.3) is 0 Å². The van der Waals surface area contributed by atoms with Crippen LogP contribution >= 0.6 is 22.7 Å². The van der Waals surface area contributed by atoms with E-state index in [0.29, 0.717) is 34.0 Å². The molecule has 0 radical (unpaired) electrons. The maximum Gasteiger partial charge on any atom is 0.349 e. The van der Waals surface area contributed by atoms with Crippen LogP contribution in [-0.2, 0) is 34.3 Å². The number of aliphatic hydroxyl groups is 2. The highest BCUT2D eigenvalue weighted by atomic mass is 32.1. The maximum absolute atomic E-state index is 13.1. The number of carbonyl (C=O) groups is 4. The minimum absolute atomic E-state index is 0.161. The molecule has 3 fully saturated rings. The van der Waals surface area contributed by atoms with Gasteiger partial charge >= 0.3 is 23.9 Å². The van der Waals surface area contributed by atoms with Crippen molar-refractivity contribution in [3.8, 4) is 0 Å². The number of carboxylic acids is 3. The highest BCUT2D eigenvalue weighted by molar-refractivity contribution is 7.12. The molecule has 0 aromatic carbocycles. The number of carboxylic acid groups (broad SMARTS) is 3. The minimum atomic E-state index is -2.74. The summed E-state index contributed by atoms with van der Waals surface area (Å²) in [6, 6.07) is 8.01. The number of ether oxygens (including phenoxy) is 2. The van der Waals surface area contributed by atoms with Gasteiger partial charge in [0.25, 0.3) is 0 Å². The zero-order chi connectivity index (χ0) is 28.8. The molecule has 3 aliphatic rings. The van der Waals surface area contributed by atoms with Gasteiger partial charge in [0.05, 0.1) is 36.7 Å². The third kappa shape index (κ3) is 5.58. The van der Waals surface area contributed by atoms with Gasteiger partial charge in [0.1, 0.15) is 30.4 Å². The van der Waals surface area contributed by atoms with E-state index in [2.05, 4.69) is 14.1 Å². The Balaban J connectivity index is 0.000000233. The molecule has 2 bridgehead atoms. The lowest BCUT2D eigenvalue weighted by Gasteiger charge is -2.45.